The lowest BCUT2D eigenvalue weighted by atomic mass is 10.1. The van der Waals surface area contributed by atoms with Gasteiger partial charge in [-0.3, -0.25) is 4.90 Å². The number of ether oxygens (including phenoxy) is 1. The van der Waals surface area contributed by atoms with Gasteiger partial charge in [-0.05, 0) is 31.4 Å². The van der Waals surface area contributed by atoms with Gasteiger partial charge < -0.3 is 14.7 Å². The van der Waals surface area contributed by atoms with Crippen molar-refractivity contribution in [3.8, 4) is 5.88 Å². The molecule has 1 atom stereocenters. The van der Waals surface area contributed by atoms with Crippen LogP contribution in [-0.4, -0.2) is 65.9 Å². The molecule has 1 fully saturated rings. The summed E-state index contributed by atoms with van der Waals surface area (Å²) in [6.45, 7) is 3.93. The van der Waals surface area contributed by atoms with Gasteiger partial charge in [0, 0.05) is 44.7 Å². The fourth-order valence-corrected chi connectivity index (χ4v) is 3.61. The van der Waals surface area contributed by atoms with Gasteiger partial charge in [0.1, 0.15) is 0 Å². The number of piperazine rings is 1. The molecule has 140 valence electrons. The standard InChI is InChI=1S/C20H28N4O2/c1-26-20-19(21-10-11-22-20)24-14-13-23(18(16-24)9-15-25)12-5-8-17-6-3-2-4-7-17/h2-4,6-7,10-11,18,25H,5,8-9,12-16H2,1H3. The molecule has 6 heteroatoms. The van der Waals surface area contributed by atoms with E-state index in [0.717, 1.165) is 51.3 Å². The van der Waals surface area contributed by atoms with Crippen LogP contribution < -0.4 is 9.64 Å². The van der Waals surface area contributed by atoms with Crippen molar-refractivity contribution in [2.45, 2.75) is 25.3 Å². The van der Waals surface area contributed by atoms with E-state index in [4.69, 9.17) is 4.74 Å². The van der Waals surface area contributed by atoms with Gasteiger partial charge >= 0.3 is 0 Å². The molecule has 6 nitrogen and oxygen atoms in total. The minimum Gasteiger partial charge on any atom is -0.478 e. The second-order valence-corrected chi connectivity index (χ2v) is 6.63. The lowest BCUT2D eigenvalue weighted by molar-refractivity contribution is 0.140. The molecule has 0 saturated carbocycles. The van der Waals surface area contributed by atoms with Crippen LogP contribution in [-0.2, 0) is 6.42 Å². The van der Waals surface area contributed by atoms with E-state index < -0.39 is 0 Å². The van der Waals surface area contributed by atoms with E-state index in [1.165, 1.54) is 5.56 Å². The summed E-state index contributed by atoms with van der Waals surface area (Å²) in [7, 11) is 1.62. The van der Waals surface area contributed by atoms with Crippen molar-refractivity contribution in [1.82, 2.24) is 14.9 Å². The van der Waals surface area contributed by atoms with Crippen molar-refractivity contribution >= 4 is 5.82 Å². The van der Waals surface area contributed by atoms with E-state index in [0.29, 0.717) is 11.9 Å². The van der Waals surface area contributed by atoms with E-state index in [1.807, 2.05) is 0 Å². The molecular weight excluding hydrogens is 328 g/mol. The highest BCUT2D eigenvalue weighted by molar-refractivity contribution is 5.48. The maximum absolute atomic E-state index is 9.50. The van der Waals surface area contributed by atoms with E-state index in [-0.39, 0.29) is 6.61 Å². The van der Waals surface area contributed by atoms with E-state index in [1.54, 1.807) is 19.5 Å². The number of hydrogen-bond donors (Lipinski definition) is 1. The third-order valence-electron chi connectivity index (χ3n) is 4.96. The van der Waals surface area contributed by atoms with Crippen molar-refractivity contribution in [2.24, 2.45) is 0 Å². The average molecular weight is 356 g/mol. The molecule has 0 bridgehead atoms. The Morgan fingerprint density at radius 2 is 1.96 bits per heavy atom. The van der Waals surface area contributed by atoms with Gasteiger partial charge in [0.2, 0.25) is 0 Å². The van der Waals surface area contributed by atoms with E-state index >= 15 is 0 Å². The lowest BCUT2D eigenvalue weighted by Gasteiger charge is -2.42. The zero-order valence-electron chi connectivity index (χ0n) is 15.4. The molecule has 2 aromatic rings. The molecule has 1 N–H and O–H groups in total. The number of aryl methyl sites for hydroxylation is 1. The molecule has 1 saturated heterocycles. The fraction of sp³-hybridized carbons (Fsp3) is 0.500. The first-order valence-electron chi connectivity index (χ1n) is 9.30. The van der Waals surface area contributed by atoms with Crippen LogP contribution in [0.5, 0.6) is 5.88 Å². The number of methoxy groups -OCH3 is 1. The Balaban J connectivity index is 1.59. The summed E-state index contributed by atoms with van der Waals surface area (Å²) in [6, 6.07) is 10.9. The number of nitrogens with zero attached hydrogens (tertiary/aromatic N) is 4. The largest absolute Gasteiger partial charge is 0.478 e. The van der Waals surface area contributed by atoms with Gasteiger partial charge in [0.05, 0.1) is 7.11 Å². The number of rotatable bonds is 8. The Labute approximate surface area is 155 Å². The summed E-state index contributed by atoms with van der Waals surface area (Å²) in [4.78, 5) is 13.4. The first kappa shape index (κ1) is 18.6. The Morgan fingerprint density at radius 3 is 2.73 bits per heavy atom. The smallest absolute Gasteiger partial charge is 0.257 e. The summed E-state index contributed by atoms with van der Waals surface area (Å²) >= 11 is 0. The molecule has 2 heterocycles. The van der Waals surface area contributed by atoms with Gasteiger partial charge in [0.25, 0.3) is 5.88 Å². The van der Waals surface area contributed by atoms with E-state index in [2.05, 4.69) is 50.1 Å². The topological polar surface area (TPSA) is 61.7 Å². The molecular formula is C20H28N4O2. The van der Waals surface area contributed by atoms with Crippen LogP contribution in [0.3, 0.4) is 0 Å². The molecule has 3 rings (SSSR count). The van der Waals surface area contributed by atoms with Crippen molar-refractivity contribution in [3.05, 3.63) is 48.3 Å². The summed E-state index contributed by atoms with van der Waals surface area (Å²) < 4.78 is 5.36. The predicted octanol–water partition coefficient (Wildman–Crippen LogP) is 1.99. The Hall–Kier alpha value is -2.18. The summed E-state index contributed by atoms with van der Waals surface area (Å²) in [5, 5.41) is 9.50. The molecule has 0 radical (unpaired) electrons. The summed E-state index contributed by atoms with van der Waals surface area (Å²) in [5.41, 5.74) is 1.38. The van der Waals surface area contributed by atoms with E-state index in [9.17, 15) is 5.11 Å². The van der Waals surface area contributed by atoms with Crippen molar-refractivity contribution < 1.29 is 9.84 Å². The van der Waals surface area contributed by atoms with Crippen LogP contribution >= 0.6 is 0 Å². The van der Waals surface area contributed by atoms with Gasteiger partial charge in [-0.2, -0.15) is 0 Å². The minimum atomic E-state index is 0.200. The maximum atomic E-state index is 9.50. The third kappa shape index (κ3) is 4.71. The van der Waals surface area contributed by atoms with Crippen molar-refractivity contribution in [1.29, 1.82) is 0 Å². The molecule has 1 aliphatic rings. The van der Waals surface area contributed by atoms with Crippen LogP contribution in [0.1, 0.15) is 18.4 Å². The maximum Gasteiger partial charge on any atom is 0.257 e. The van der Waals surface area contributed by atoms with Crippen molar-refractivity contribution in [3.63, 3.8) is 0 Å². The molecule has 26 heavy (non-hydrogen) atoms. The quantitative estimate of drug-likeness (QED) is 0.781. The number of benzene rings is 1. The van der Waals surface area contributed by atoms with Gasteiger partial charge in [-0.25, -0.2) is 9.97 Å². The Kier molecular flexibility index (Phi) is 6.80. The number of anilines is 1. The summed E-state index contributed by atoms with van der Waals surface area (Å²) in [6.07, 6.45) is 6.33. The normalized spacial score (nSPS) is 18.1. The number of aromatic nitrogens is 2. The van der Waals surface area contributed by atoms with Crippen LogP contribution in [0.4, 0.5) is 5.82 Å². The van der Waals surface area contributed by atoms with Crippen molar-refractivity contribution in [2.75, 3.05) is 44.8 Å². The zero-order chi connectivity index (χ0) is 18.2. The highest BCUT2D eigenvalue weighted by atomic mass is 16.5. The van der Waals surface area contributed by atoms with Gasteiger partial charge in [-0.1, -0.05) is 30.3 Å². The fourth-order valence-electron chi connectivity index (χ4n) is 3.61. The molecule has 0 amide bonds. The lowest BCUT2D eigenvalue weighted by Crippen LogP contribution is -2.54. The molecule has 1 aliphatic heterocycles. The Morgan fingerprint density at radius 1 is 1.15 bits per heavy atom. The predicted molar refractivity (Wildman–Crippen MR) is 103 cm³/mol. The third-order valence-corrected chi connectivity index (χ3v) is 4.96. The molecule has 1 aromatic heterocycles. The molecule has 1 aromatic carbocycles. The zero-order valence-corrected chi connectivity index (χ0v) is 15.4. The van der Waals surface area contributed by atoms with Gasteiger partial charge in [0.15, 0.2) is 5.82 Å². The second-order valence-electron chi connectivity index (χ2n) is 6.63. The van der Waals surface area contributed by atoms with Crippen LogP contribution in [0.2, 0.25) is 0 Å². The number of hydrogen-bond acceptors (Lipinski definition) is 6. The molecule has 1 unspecified atom stereocenters. The first-order valence-corrected chi connectivity index (χ1v) is 9.30. The average Bonchev–Trinajstić information content (AvgIpc) is 2.70. The van der Waals surface area contributed by atoms with Crippen LogP contribution in [0.15, 0.2) is 42.7 Å². The second kappa shape index (κ2) is 9.50. The number of aliphatic hydroxyl groups is 1. The van der Waals surface area contributed by atoms with Crippen LogP contribution in [0, 0.1) is 0 Å². The Bertz CT molecular complexity index is 668. The first-order chi connectivity index (χ1) is 12.8. The summed E-state index contributed by atoms with van der Waals surface area (Å²) in [5.74, 6) is 1.36. The molecule has 0 spiro atoms. The minimum absolute atomic E-state index is 0.200. The highest BCUT2D eigenvalue weighted by Crippen LogP contribution is 2.25. The highest BCUT2D eigenvalue weighted by Gasteiger charge is 2.28. The monoisotopic (exact) mass is 356 g/mol. The molecule has 0 aliphatic carbocycles. The SMILES string of the molecule is COc1nccnc1N1CCN(CCCc2ccccc2)C(CCO)C1. The number of aliphatic hydroxyl groups excluding tert-OH is 1. The van der Waals surface area contributed by atoms with Gasteiger partial charge in [-0.15, -0.1) is 0 Å². The van der Waals surface area contributed by atoms with Crippen LogP contribution in [0.25, 0.3) is 0 Å².